The van der Waals surface area contributed by atoms with Crippen molar-refractivity contribution in [3.05, 3.63) is 35.6 Å². The van der Waals surface area contributed by atoms with Gasteiger partial charge in [-0.15, -0.1) is 0 Å². The first-order chi connectivity index (χ1) is 9.23. The quantitative estimate of drug-likeness (QED) is 0.792. The lowest BCUT2D eigenvalue weighted by atomic mass is 9.89. The summed E-state index contributed by atoms with van der Waals surface area (Å²) < 4.78 is 30.1. The van der Waals surface area contributed by atoms with E-state index in [9.17, 15) is 4.39 Å². The van der Waals surface area contributed by atoms with Crippen molar-refractivity contribution in [2.45, 2.75) is 38.9 Å². The summed E-state index contributed by atoms with van der Waals surface area (Å²) in [5.74, 6) is 1.93. The van der Waals surface area contributed by atoms with Crippen molar-refractivity contribution < 1.29 is 18.4 Å². The average Bonchev–Trinajstić information content (AvgIpc) is 2.54. The molecule has 0 aliphatic carbocycles. The molecule has 0 radical (unpaired) electrons. The highest BCUT2D eigenvalue weighted by molar-refractivity contribution is 6.52. The van der Waals surface area contributed by atoms with Crippen LogP contribution in [0.4, 0.5) is 4.39 Å². The number of hydrogen-bond donors (Lipinski definition) is 0. The standard InChI is InChI=1S/C15H20BFO3/c1-14(2)15(3,4)20-16(19-14)7-6-11-8-12(17)10-13(9-11)18-5/h6-10H,1-5H3/b7-6+. The first-order valence-electron chi connectivity index (χ1n) is 6.62. The van der Waals surface area contributed by atoms with Crippen LogP contribution in [-0.2, 0) is 9.31 Å². The molecule has 1 aromatic rings. The molecule has 0 saturated carbocycles. The zero-order valence-corrected chi connectivity index (χ0v) is 12.6. The Morgan fingerprint density at radius 2 is 1.70 bits per heavy atom. The second kappa shape index (κ2) is 5.22. The van der Waals surface area contributed by atoms with Crippen LogP contribution >= 0.6 is 0 Å². The molecule has 0 unspecified atom stereocenters. The van der Waals surface area contributed by atoms with Crippen molar-refractivity contribution in [3.8, 4) is 5.75 Å². The average molecular weight is 278 g/mol. The van der Waals surface area contributed by atoms with Crippen molar-refractivity contribution in [1.29, 1.82) is 0 Å². The summed E-state index contributed by atoms with van der Waals surface area (Å²) in [5, 5.41) is 0. The normalized spacial score (nSPS) is 20.6. The fourth-order valence-corrected chi connectivity index (χ4v) is 1.96. The van der Waals surface area contributed by atoms with E-state index in [-0.39, 0.29) is 17.0 Å². The van der Waals surface area contributed by atoms with Crippen LogP contribution in [0.2, 0.25) is 0 Å². The molecule has 3 nitrogen and oxygen atoms in total. The molecule has 0 spiro atoms. The van der Waals surface area contributed by atoms with E-state index in [0.29, 0.717) is 11.3 Å². The topological polar surface area (TPSA) is 27.7 Å². The fourth-order valence-electron chi connectivity index (χ4n) is 1.96. The van der Waals surface area contributed by atoms with Crippen LogP contribution in [0, 0.1) is 5.82 Å². The van der Waals surface area contributed by atoms with Gasteiger partial charge in [0.2, 0.25) is 0 Å². The minimum Gasteiger partial charge on any atom is -0.497 e. The van der Waals surface area contributed by atoms with E-state index < -0.39 is 7.12 Å². The van der Waals surface area contributed by atoms with Crippen molar-refractivity contribution >= 4 is 13.2 Å². The predicted octanol–water partition coefficient (Wildman–Crippen LogP) is 3.48. The lowest BCUT2D eigenvalue weighted by molar-refractivity contribution is 0.00578. The Morgan fingerprint density at radius 3 is 2.25 bits per heavy atom. The van der Waals surface area contributed by atoms with E-state index in [1.165, 1.54) is 19.2 Å². The molecule has 1 aromatic carbocycles. The number of methoxy groups -OCH3 is 1. The molecule has 1 heterocycles. The smallest absolute Gasteiger partial charge is 0.487 e. The number of halogens is 1. The zero-order chi connectivity index (χ0) is 15.0. The SMILES string of the molecule is COc1cc(F)cc(/C=C/B2OC(C)(C)C(C)(C)O2)c1. The summed E-state index contributed by atoms with van der Waals surface area (Å²) in [6.07, 6.45) is 1.77. The minimum absolute atomic E-state index is 0.335. The highest BCUT2D eigenvalue weighted by atomic mass is 19.1. The molecular formula is C15H20BFO3. The second-order valence-corrected chi connectivity index (χ2v) is 5.91. The molecule has 108 valence electrons. The highest BCUT2D eigenvalue weighted by Gasteiger charge is 2.49. The molecule has 1 fully saturated rings. The van der Waals surface area contributed by atoms with Crippen LogP contribution in [0.3, 0.4) is 0 Å². The Kier molecular flexibility index (Phi) is 3.94. The van der Waals surface area contributed by atoms with E-state index >= 15 is 0 Å². The van der Waals surface area contributed by atoms with E-state index in [1.54, 1.807) is 18.1 Å². The fraction of sp³-hybridized carbons (Fsp3) is 0.467. The molecule has 20 heavy (non-hydrogen) atoms. The van der Waals surface area contributed by atoms with Gasteiger partial charge in [-0.25, -0.2) is 4.39 Å². The van der Waals surface area contributed by atoms with E-state index in [2.05, 4.69) is 0 Å². The lowest BCUT2D eigenvalue weighted by Crippen LogP contribution is -2.41. The summed E-state index contributed by atoms with van der Waals surface area (Å²) >= 11 is 0. The van der Waals surface area contributed by atoms with E-state index in [4.69, 9.17) is 14.0 Å². The Bertz CT molecular complexity index is 510. The van der Waals surface area contributed by atoms with Gasteiger partial charge in [-0.3, -0.25) is 0 Å². The molecule has 1 aliphatic rings. The molecule has 0 bridgehead atoms. The zero-order valence-electron chi connectivity index (χ0n) is 12.6. The van der Waals surface area contributed by atoms with Gasteiger partial charge in [-0.1, -0.05) is 12.1 Å². The Hall–Kier alpha value is -1.33. The van der Waals surface area contributed by atoms with Crippen LogP contribution in [0.1, 0.15) is 33.3 Å². The largest absolute Gasteiger partial charge is 0.497 e. The maximum absolute atomic E-state index is 13.4. The van der Waals surface area contributed by atoms with E-state index in [0.717, 1.165) is 0 Å². The van der Waals surface area contributed by atoms with Crippen LogP contribution in [0.5, 0.6) is 5.75 Å². The van der Waals surface area contributed by atoms with Crippen LogP contribution in [0.25, 0.3) is 6.08 Å². The molecule has 2 rings (SSSR count). The molecule has 0 aromatic heterocycles. The van der Waals surface area contributed by atoms with E-state index in [1.807, 2.05) is 27.7 Å². The second-order valence-electron chi connectivity index (χ2n) is 5.91. The minimum atomic E-state index is -0.436. The molecule has 5 heteroatoms. The van der Waals surface area contributed by atoms with Gasteiger partial charge < -0.3 is 14.0 Å². The highest BCUT2D eigenvalue weighted by Crippen LogP contribution is 2.37. The van der Waals surface area contributed by atoms with Gasteiger partial charge in [0.05, 0.1) is 18.3 Å². The molecule has 0 N–H and O–H groups in total. The maximum Gasteiger partial charge on any atom is 0.487 e. The third-order valence-corrected chi connectivity index (χ3v) is 3.85. The van der Waals surface area contributed by atoms with Crippen molar-refractivity contribution in [2.24, 2.45) is 0 Å². The Balaban J connectivity index is 2.13. The van der Waals surface area contributed by atoms with Gasteiger partial charge in [0.25, 0.3) is 0 Å². The molecule has 1 aliphatic heterocycles. The van der Waals surface area contributed by atoms with Crippen LogP contribution in [-0.4, -0.2) is 25.4 Å². The third kappa shape index (κ3) is 3.05. The molecular weight excluding hydrogens is 258 g/mol. The number of benzene rings is 1. The van der Waals surface area contributed by atoms with Gasteiger partial charge in [-0.2, -0.15) is 0 Å². The number of ether oxygens (including phenoxy) is 1. The Labute approximate surface area is 119 Å². The lowest BCUT2D eigenvalue weighted by Gasteiger charge is -2.32. The first-order valence-corrected chi connectivity index (χ1v) is 6.62. The van der Waals surface area contributed by atoms with Crippen molar-refractivity contribution in [3.63, 3.8) is 0 Å². The molecule has 1 saturated heterocycles. The van der Waals surface area contributed by atoms with Gasteiger partial charge in [0.1, 0.15) is 11.6 Å². The van der Waals surface area contributed by atoms with Gasteiger partial charge >= 0.3 is 7.12 Å². The molecule has 0 amide bonds. The predicted molar refractivity (Wildman–Crippen MR) is 78.1 cm³/mol. The van der Waals surface area contributed by atoms with Crippen LogP contribution < -0.4 is 4.74 Å². The summed E-state index contributed by atoms with van der Waals surface area (Å²) in [5.41, 5.74) is -0.0416. The monoisotopic (exact) mass is 278 g/mol. The van der Waals surface area contributed by atoms with Crippen molar-refractivity contribution in [1.82, 2.24) is 0 Å². The Morgan fingerprint density at radius 1 is 1.10 bits per heavy atom. The van der Waals surface area contributed by atoms with Gasteiger partial charge in [-0.05, 0) is 45.4 Å². The van der Waals surface area contributed by atoms with Gasteiger partial charge in [0.15, 0.2) is 0 Å². The summed E-state index contributed by atoms with van der Waals surface area (Å²) in [4.78, 5) is 0. The van der Waals surface area contributed by atoms with Crippen molar-refractivity contribution in [2.75, 3.05) is 7.11 Å². The maximum atomic E-state index is 13.4. The van der Waals surface area contributed by atoms with Crippen LogP contribution in [0.15, 0.2) is 24.2 Å². The third-order valence-electron chi connectivity index (χ3n) is 3.85. The molecule has 0 atom stereocenters. The number of hydrogen-bond acceptors (Lipinski definition) is 3. The summed E-state index contributed by atoms with van der Waals surface area (Å²) in [6.45, 7) is 7.97. The summed E-state index contributed by atoms with van der Waals surface area (Å²) in [7, 11) is 1.07. The first kappa shape index (κ1) is 15.1. The van der Waals surface area contributed by atoms with Gasteiger partial charge in [0, 0.05) is 6.07 Å². The summed E-state index contributed by atoms with van der Waals surface area (Å²) in [6, 6.07) is 4.53. The number of rotatable bonds is 3.